The van der Waals surface area contributed by atoms with Crippen molar-refractivity contribution in [3.05, 3.63) is 28.2 Å². The van der Waals surface area contributed by atoms with Crippen LogP contribution in [0.15, 0.2) is 27.7 Å². The summed E-state index contributed by atoms with van der Waals surface area (Å²) in [4.78, 5) is 4.37. The van der Waals surface area contributed by atoms with Crippen LogP contribution in [0.2, 0.25) is 0 Å². The number of hydrogen-bond acceptors (Lipinski definition) is 3. The van der Waals surface area contributed by atoms with E-state index in [1.165, 1.54) is 17.8 Å². The van der Waals surface area contributed by atoms with Crippen molar-refractivity contribution in [3.8, 4) is 0 Å². The predicted molar refractivity (Wildman–Crippen MR) is 81.3 cm³/mol. The van der Waals surface area contributed by atoms with E-state index in [1.807, 2.05) is 0 Å². The van der Waals surface area contributed by atoms with Gasteiger partial charge in [0, 0.05) is 22.5 Å². The van der Waals surface area contributed by atoms with E-state index in [-0.39, 0.29) is 9.89 Å². The topological polar surface area (TPSA) is 24.4 Å². The van der Waals surface area contributed by atoms with Crippen LogP contribution in [0.4, 0.5) is 18.9 Å². The number of halogens is 4. The number of hydrogen-bond donors (Lipinski definition) is 1. The first-order valence-corrected chi connectivity index (χ1v) is 7.76. The predicted octanol–water partition coefficient (Wildman–Crippen LogP) is 5.01. The van der Waals surface area contributed by atoms with E-state index in [9.17, 15) is 13.2 Å². The van der Waals surface area contributed by atoms with Gasteiger partial charge in [-0.15, -0.1) is 0 Å². The van der Waals surface area contributed by atoms with Crippen LogP contribution in [0.1, 0.15) is 19.4 Å². The fourth-order valence-corrected chi connectivity index (χ4v) is 3.10. The van der Waals surface area contributed by atoms with E-state index in [2.05, 4.69) is 40.1 Å². The molecule has 0 spiro atoms. The van der Waals surface area contributed by atoms with Crippen molar-refractivity contribution in [2.75, 3.05) is 17.6 Å². The van der Waals surface area contributed by atoms with Crippen molar-refractivity contribution in [1.82, 2.24) is 0 Å². The summed E-state index contributed by atoms with van der Waals surface area (Å²) in [7, 11) is 0. The van der Waals surface area contributed by atoms with Crippen LogP contribution in [-0.2, 0) is 6.18 Å². The Morgan fingerprint density at radius 3 is 2.60 bits per heavy atom. The maximum absolute atomic E-state index is 12.8. The van der Waals surface area contributed by atoms with Crippen LogP contribution in [0.3, 0.4) is 0 Å². The van der Waals surface area contributed by atoms with Gasteiger partial charge in [0.1, 0.15) is 0 Å². The average molecular weight is 367 g/mol. The Morgan fingerprint density at radius 2 is 2.05 bits per heavy atom. The van der Waals surface area contributed by atoms with Gasteiger partial charge in [-0.3, -0.25) is 4.99 Å². The molecule has 110 valence electrons. The molecule has 1 heterocycles. The highest BCUT2D eigenvalue weighted by atomic mass is 79.9. The summed E-state index contributed by atoms with van der Waals surface area (Å²) in [6.07, 6.45) is -4.37. The Kier molecular flexibility index (Phi) is 4.39. The lowest BCUT2D eigenvalue weighted by atomic mass is 9.97. The van der Waals surface area contributed by atoms with Gasteiger partial charge in [-0.25, -0.2) is 0 Å². The van der Waals surface area contributed by atoms with Crippen LogP contribution in [0, 0.1) is 5.41 Å². The monoisotopic (exact) mass is 366 g/mol. The number of thioether (sulfide) groups is 1. The second-order valence-corrected chi connectivity index (χ2v) is 7.21. The van der Waals surface area contributed by atoms with Gasteiger partial charge in [0.15, 0.2) is 5.17 Å². The average Bonchev–Trinajstić information content (AvgIpc) is 2.33. The lowest BCUT2D eigenvalue weighted by molar-refractivity contribution is -0.138. The number of aliphatic imine (C=N–C) groups is 1. The zero-order valence-electron chi connectivity index (χ0n) is 11.0. The van der Waals surface area contributed by atoms with Gasteiger partial charge in [-0.1, -0.05) is 41.5 Å². The molecule has 7 heteroatoms. The third-order valence-electron chi connectivity index (χ3n) is 2.77. The number of anilines is 1. The lowest BCUT2D eigenvalue weighted by Crippen LogP contribution is -2.27. The highest BCUT2D eigenvalue weighted by molar-refractivity contribution is 9.10. The number of amidine groups is 1. The fraction of sp³-hybridized carbons (Fsp3) is 0.462. The number of rotatable bonds is 1. The number of nitrogens with one attached hydrogen (secondary N) is 1. The summed E-state index contributed by atoms with van der Waals surface area (Å²) in [5.74, 6) is 0.890. The van der Waals surface area contributed by atoms with Gasteiger partial charge >= 0.3 is 6.18 Å². The standard InChI is InChI=1S/C13H14BrF3N2S/c1-12(2)6-18-11(20-7-12)19-8-3-4-10(14)9(5-8)13(15,16)17/h3-5H,6-7H2,1-2H3,(H,18,19). The minimum Gasteiger partial charge on any atom is -0.335 e. The smallest absolute Gasteiger partial charge is 0.335 e. The van der Waals surface area contributed by atoms with E-state index in [0.29, 0.717) is 17.4 Å². The molecule has 1 aliphatic heterocycles. The molecular formula is C13H14BrF3N2S. The Morgan fingerprint density at radius 1 is 1.35 bits per heavy atom. The molecule has 0 saturated carbocycles. The molecule has 0 saturated heterocycles. The van der Waals surface area contributed by atoms with E-state index < -0.39 is 11.7 Å². The van der Waals surface area contributed by atoms with E-state index in [0.717, 1.165) is 11.8 Å². The molecule has 1 aromatic carbocycles. The minimum absolute atomic E-state index is 0.0370. The van der Waals surface area contributed by atoms with E-state index in [1.54, 1.807) is 6.07 Å². The first-order chi connectivity index (χ1) is 9.17. The molecule has 0 atom stereocenters. The van der Waals surface area contributed by atoms with Crippen molar-refractivity contribution in [2.24, 2.45) is 10.4 Å². The molecule has 0 bridgehead atoms. The minimum atomic E-state index is -4.37. The van der Waals surface area contributed by atoms with Gasteiger partial charge in [-0.05, 0) is 23.6 Å². The largest absolute Gasteiger partial charge is 0.417 e. The van der Waals surface area contributed by atoms with Gasteiger partial charge < -0.3 is 5.32 Å². The molecule has 20 heavy (non-hydrogen) atoms. The summed E-state index contributed by atoms with van der Waals surface area (Å²) in [5.41, 5.74) is -0.164. The van der Waals surface area contributed by atoms with Crippen LogP contribution in [0.5, 0.6) is 0 Å². The quantitative estimate of drug-likeness (QED) is 0.755. The molecule has 0 radical (unpaired) electrons. The van der Waals surface area contributed by atoms with Crippen molar-refractivity contribution in [3.63, 3.8) is 0 Å². The zero-order valence-corrected chi connectivity index (χ0v) is 13.4. The van der Waals surface area contributed by atoms with Crippen molar-refractivity contribution >= 4 is 38.5 Å². The van der Waals surface area contributed by atoms with E-state index in [4.69, 9.17) is 0 Å². The highest BCUT2D eigenvalue weighted by Gasteiger charge is 2.33. The first-order valence-electron chi connectivity index (χ1n) is 5.98. The molecule has 0 unspecified atom stereocenters. The molecule has 0 amide bonds. The zero-order chi connectivity index (χ0) is 15.0. The SMILES string of the molecule is CC1(C)CN=C(Nc2ccc(Br)c(C(F)(F)F)c2)SC1. The molecule has 1 aliphatic rings. The van der Waals surface area contributed by atoms with Crippen molar-refractivity contribution < 1.29 is 13.2 Å². The third-order valence-corrected chi connectivity index (χ3v) is 4.90. The van der Waals surface area contributed by atoms with Crippen molar-refractivity contribution in [2.45, 2.75) is 20.0 Å². The molecule has 0 aromatic heterocycles. The number of alkyl halides is 3. The second-order valence-electron chi connectivity index (χ2n) is 5.39. The molecule has 1 aromatic rings. The molecule has 0 aliphatic carbocycles. The molecule has 2 rings (SSSR count). The summed E-state index contributed by atoms with van der Waals surface area (Å²) < 4.78 is 38.5. The highest BCUT2D eigenvalue weighted by Crippen LogP contribution is 2.37. The van der Waals surface area contributed by atoms with Gasteiger partial charge in [0.2, 0.25) is 0 Å². The second kappa shape index (κ2) is 5.60. The Labute approximate surface area is 128 Å². The summed E-state index contributed by atoms with van der Waals surface area (Å²) in [5, 5.41) is 3.62. The van der Waals surface area contributed by atoms with Gasteiger partial charge in [0.25, 0.3) is 0 Å². The van der Waals surface area contributed by atoms with Crippen LogP contribution < -0.4 is 5.32 Å². The Bertz CT molecular complexity index is 541. The van der Waals surface area contributed by atoms with Crippen molar-refractivity contribution in [1.29, 1.82) is 0 Å². The van der Waals surface area contributed by atoms with Crippen LogP contribution in [-0.4, -0.2) is 17.5 Å². The lowest BCUT2D eigenvalue weighted by Gasteiger charge is -2.27. The van der Waals surface area contributed by atoms with Gasteiger partial charge in [0.05, 0.1) is 5.56 Å². The van der Waals surface area contributed by atoms with E-state index >= 15 is 0 Å². The van der Waals surface area contributed by atoms with Gasteiger partial charge in [-0.2, -0.15) is 13.2 Å². The normalized spacial score (nSPS) is 18.6. The Balaban J connectivity index is 2.17. The summed E-state index contributed by atoms with van der Waals surface area (Å²) in [6, 6.07) is 4.08. The summed E-state index contributed by atoms with van der Waals surface area (Å²) in [6.45, 7) is 4.90. The number of nitrogens with zero attached hydrogens (tertiary/aromatic N) is 1. The Hall–Kier alpha value is -0.690. The summed E-state index contributed by atoms with van der Waals surface area (Å²) >= 11 is 4.45. The van der Waals surface area contributed by atoms with Crippen LogP contribution >= 0.6 is 27.7 Å². The fourth-order valence-electron chi connectivity index (χ4n) is 1.66. The molecule has 0 fully saturated rings. The third kappa shape index (κ3) is 3.91. The first kappa shape index (κ1) is 15.7. The van der Waals surface area contributed by atoms with Crippen LogP contribution in [0.25, 0.3) is 0 Å². The molecular weight excluding hydrogens is 353 g/mol. The number of benzene rings is 1. The molecule has 1 N–H and O–H groups in total. The molecule has 2 nitrogen and oxygen atoms in total. The maximum atomic E-state index is 12.8. The maximum Gasteiger partial charge on any atom is 0.417 e.